The summed E-state index contributed by atoms with van der Waals surface area (Å²) in [5.41, 5.74) is 9.29. The summed E-state index contributed by atoms with van der Waals surface area (Å²) in [4.78, 5) is 0. The summed E-state index contributed by atoms with van der Waals surface area (Å²) in [6, 6.07) is 15.7. The van der Waals surface area contributed by atoms with Crippen LogP contribution < -0.4 is 15.8 Å². The Balaban J connectivity index is 2.07. The number of rotatable bonds is 7. The highest BCUT2D eigenvalue weighted by atomic mass is 16.5. The first kappa shape index (κ1) is 14.9. The quantitative estimate of drug-likeness (QED) is 0.812. The lowest BCUT2D eigenvalue weighted by Gasteiger charge is -2.13. The molecule has 0 aliphatic heterocycles. The summed E-state index contributed by atoms with van der Waals surface area (Å²) in [6.45, 7) is 8.95. The maximum absolute atomic E-state index is 5.45. The summed E-state index contributed by atoms with van der Waals surface area (Å²) >= 11 is 0. The molecule has 0 aliphatic rings. The van der Waals surface area contributed by atoms with Gasteiger partial charge < -0.3 is 15.8 Å². The fourth-order valence-electron chi connectivity index (χ4n) is 2.00. The van der Waals surface area contributed by atoms with E-state index in [-0.39, 0.29) is 0 Å². The minimum Gasteiger partial charge on any atom is -0.492 e. The SMILES string of the molecule is C=Cc1ccccc1C(=C)Nc1ccc(OCCN)cc1. The molecule has 2 rings (SSSR count). The van der Waals surface area contributed by atoms with Crippen LogP contribution in [0.1, 0.15) is 11.1 Å². The highest BCUT2D eigenvalue weighted by molar-refractivity contribution is 5.80. The lowest BCUT2D eigenvalue weighted by Crippen LogP contribution is -2.10. The Hall–Kier alpha value is -2.52. The van der Waals surface area contributed by atoms with Crippen molar-refractivity contribution in [2.45, 2.75) is 0 Å². The van der Waals surface area contributed by atoms with E-state index in [9.17, 15) is 0 Å². The van der Waals surface area contributed by atoms with E-state index in [0.29, 0.717) is 13.2 Å². The Kier molecular flexibility index (Phi) is 5.18. The maximum Gasteiger partial charge on any atom is 0.119 e. The molecular weight excluding hydrogens is 260 g/mol. The molecule has 0 radical (unpaired) electrons. The highest BCUT2D eigenvalue weighted by Crippen LogP contribution is 2.22. The fraction of sp³-hybridized carbons (Fsp3) is 0.111. The Bertz CT molecular complexity index is 617. The van der Waals surface area contributed by atoms with E-state index in [0.717, 1.165) is 28.3 Å². The van der Waals surface area contributed by atoms with Gasteiger partial charge in [-0.25, -0.2) is 0 Å². The fourth-order valence-corrected chi connectivity index (χ4v) is 2.00. The van der Waals surface area contributed by atoms with Gasteiger partial charge in [-0.3, -0.25) is 0 Å². The molecule has 0 fully saturated rings. The Morgan fingerprint density at radius 2 is 1.86 bits per heavy atom. The van der Waals surface area contributed by atoms with E-state index < -0.39 is 0 Å². The lowest BCUT2D eigenvalue weighted by atomic mass is 10.1. The molecule has 0 spiro atoms. The number of anilines is 1. The Morgan fingerprint density at radius 1 is 1.14 bits per heavy atom. The van der Waals surface area contributed by atoms with Gasteiger partial charge in [-0.15, -0.1) is 0 Å². The van der Waals surface area contributed by atoms with Crippen LogP contribution in [0.15, 0.2) is 61.7 Å². The molecule has 108 valence electrons. The molecule has 0 saturated carbocycles. The van der Waals surface area contributed by atoms with Gasteiger partial charge in [0.1, 0.15) is 12.4 Å². The van der Waals surface area contributed by atoms with Crippen molar-refractivity contribution in [3.05, 3.63) is 72.8 Å². The van der Waals surface area contributed by atoms with Gasteiger partial charge in [0.15, 0.2) is 0 Å². The molecule has 0 aliphatic carbocycles. The van der Waals surface area contributed by atoms with E-state index >= 15 is 0 Å². The van der Waals surface area contributed by atoms with E-state index in [4.69, 9.17) is 10.5 Å². The number of ether oxygens (including phenoxy) is 1. The minimum atomic E-state index is 0.509. The van der Waals surface area contributed by atoms with Crippen LogP contribution in [0, 0.1) is 0 Å². The van der Waals surface area contributed by atoms with Crippen LogP contribution in [0.5, 0.6) is 5.75 Å². The van der Waals surface area contributed by atoms with Crippen molar-refractivity contribution in [1.82, 2.24) is 0 Å². The molecule has 0 heterocycles. The number of nitrogens with one attached hydrogen (secondary N) is 1. The van der Waals surface area contributed by atoms with Gasteiger partial charge in [0.25, 0.3) is 0 Å². The van der Waals surface area contributed by atoms with Gasteiger partial charge in [0.05, 0.1) is 0 Å². The zero-order chi connectivity index (χ0) is 15.1. The lowest BCUT2D eigenvalue weighted by molar-refractivity contribution is 0.328. The second-order valence-electron chi connectivity index (χ2n) is 4.56. The molecule has 0 atom stereocenters. The zero-order valence-electron chi connectivity index (χ0n) is 12.0. The van der Waals surface area contributed by atoms with Gasteiger partial charge in [0, 0.05) is 23.5 Å². The summed E-state index contributed by atoms with van der Waals surface area (Å²) in [6.07, 6.45) is 1.83. The number of nitrogens with two attached hydrogens (primary N) is 1. The topological polar surface area (TPSA) is 47.3 Å². The summed E-state index contributed by atoms with van der Waals surface area (Å²) in [7, 11) is 0. The molecular formula is C18H20N2O. The second-order valence-corrected chi connectivity index (χ2v) is 4.56. The van der Waals surface area contributed by atoms with Gasteiger partial charge in [-0.05, 0) is 29.8 Å². The van der Waals surface area contributed by atoms with Gasteiger partial charge >= 0.3 is 0 Å². The number of benzene rings is 2. The maximum atomic E-state index is 5.45. The summed E-state index contributed by atoms with van der Waals surface area (Å²) < 4.78 is 5.45. The molecule has 3 heteroatoms. The first-order valence-electron chi connectivity index (χ1n) is 6.85. The second kappa shape index (κ2) is 7.31. The third-order valence-corrected chi connectivity index (χ3v) is 3.04. The van der Waals surface area contributed by atoms with Crippen LogP contribution in [-0.4, -0.2) is 13.2 Å². The van der Waals surface area contributed by atoms with Crippen molar-refractivity contribution in [3.8, 4) is 5.75 Å². The zero-order valence-corrected chi connectivity index (χ0v) is 12.0. The van der Waals surface area contributed by atoms with Crippen LogP contribution in [0.3, 0.4) is 0 Å². The standard InChI is InChI=1S/C18H20N2O/c1-3-15-6-4-5-7-18(15)14(2)20-16-8-10-17(11-9-16)21-13-12-19/h3-11,20H,1-2,12-13,19H2. The highest BCUT2D eigenvalue weighted by Gasteiger charge is 2.03. The molecule has 0 amide bonds. The summed E-state index contributed by atoms with van der Waals surface area (Å²) in [5, 5.41) is 3.29. The molecule has 0 saturated heterocycles. The molecule has 3 nitrogen and oxygen atoms in total. The molecule has 0 unspecified atom stereocenters. The average Bonchev–Trinajstić information content (AvgIpc) is 2.54. The average molecular weight is 280 g/mol. The predicted molar refractivity (Wildman–Crippen MR) is 90.2 cm³/mol. The van der Waals surface area contributed by atoms with Crippen molar-refractivity contribution in [3.63, 3.8) is 0 Å². The van der Waals surface area contributed by atoms with Crippen LogP contribution in [0.4, 0.5) is 5.69 Å². The number of hydrogen-bond donors (Lipinski definition) is 2. The molecule has 21 heavy (non-hydrogen) atoms. The van der Waals surface area contributed by atoms with E-state index in [1.165, 1.54) is 0 Å². The van der Waals surface area contributed by atoms with Crippen molar-refractivity contribution < 1.29 is 4.74 Å². The third-order valence-electron chi connectivity index (χ3n) is 3.04. The van der Waals surface area contributed by atoms with Crippen LogP contribution in [0.2, 0.25) is 0 Å². The first-order valence-corrected chi connectivity index (χ1v) is 6.85. The molecule has 2 aromatic carbocycles. The van der Waals surface area contributed by atoms with Crippen molar-refractivity contribution in [1.29, 1.82) is 0 Å². The largest absolute Gasteiger partial charge is 0.492 e. The van der Waals surface area contributed by atoms with Gasteiger partial charge in [-0.1, -0.05) is 43.5 Å². The Morgan fingerprint density at radius 3 is 2.52 bits per heavy atom. The van der Waals surface area contributed by atoms with Crippen LogP contribution in [-0.2, 0) is 0 Å². The van der Waals surface area contributed by atoms with Gasteiger partial charge in [0.2, 0.25) is 0 Å². The number of hydrogen-bond acceptors (Lipinski definition) is 3. The van der Waals surface area contributed by atoms with Crippen molar-refractivity contribution in [2.75, 3.05) is 18.5 Å². The normalized spacial score (nSPS) is 9.95. The smallest absolute Gasteiger partial charge is 0.119 e. The molecule has 0 aromatic heterocycles. The van der Waals surface area contributed by atoms with Gasteiger partial charge in [-0.2, -0.15) is 0 Å². The van der Waals surface area contributed by atoms with E-state index in [2.05, 4.69) is 18.5 Å². The third kappa shape index (κ3) is 3.97. The van der Waals surface area contributed by atoms with Crippen LogP contribution >= 0.6 is 0 Å². The molecule has 2 aromatic rings. The monoisotopic (exact) mass is 280 g/mol. The van der Waals surface area contributed by atoms with E-state index in [1.807, 2.05) is 54.6 Å². The molecule has 0 bridgehead atoms. The minimum absolute atomic E-state index is 0.509. The Labute approximate surface area is 125 Å². The van der Waals surface area contributed by atoms with Crippen LogP contribution in [0.25, 0.3) is 11.8 Å². The van der Waals surface area contributed by atoms with Crippen molar-refractivity contribution in [2.24, 2.45) is 5.73 Å². The van der Waals surface area contributed by atoms with E-state index in [1.54, 1.807) is 0 Å². The van der Waals surface area contributed by atoms with Crippen molar-refractivity contribution >= 4 is 17.5 Å². The summed E-state index contributed by atoms with van der Waals surface area (Å²) in [5.74, 6) is 0.808. The predicted octanol–water partition coefficient (Wildman–Crippen LogP) is 3.75. The molecule has 3 N–H and O–H groups in total. The first-order chi connectivity index (χ1) is 10.2.